The second kappa shape index (κ2) is 5.36. The molecule has 0 unspecified atom stereocenters. The van der Waals surface area contributed by atoms with Crippen molar-refractivity contribution in [3.63, 3.8) is 0 Å². The van der Waals surface area contributed by atoms with Crippen LogP contribution in [0.4, 0.5) is 0 Å². The van der Waals surface area contributed by atoms with Gasteiger partial charge in [-0.05, 0) is 30.8 Å². The third-order valence-electron chi connectivity index (χ3n) is 2.17. The van der Waals surface area contributed by atoms with E-state index in [1.165, 1.54) is 0 Å². The van der Waals surface area contributed by atoms with Crippen molar-refractivity contribution in [1.29, 1.82) is 0 Å². The van der Waals surface area contributed by atoms with Crippen LogP contribution in [-0.4, -0.2) is 21.1 Å². The lowest BCUT2D eigenvalue weighted by Crippen LogP contribution is -1.91. The van der Waals surface area contributed by atoms with E-state index in [1.54, 1.807) is 10.9 Å². The van der Waals surface area contributed by atoms with Gasteiger partial charge in [-0.15, -0.1) is 0 Å². The van der Waals surface area contributed by atoms with Gasteiger partial charge in [0.2, 0.25) is 4.77 Å². The van der Waals surface area contributed by atoms with Crippen LogP contribution in [-0.2, 0) is 0 Å². The first kappa shape index (κ1) is 11.5. The molecule has 1 heterocycles. The van der Waals surface area contributed by atoms with E-state index in [0.29, 0.717) is 4.77 Å². The molecule has 0 spiro atoms. The average molecular weight is 244 g/mol. The van der Waals surface area contributed by atoms with Gasteiger partial charge in [-0.2, -0.15) is 14.9 Å². The topological polar surface area (TPSA) is 46.0 Å². The van der Waals surface area contributed by atoms with Crippen molar-refractivity contribution in [3.05, 3.63) is 52.6 Å². The van der Waals surface area contributed by atoms with Crippen molar-refractivity contribution in [2.24, 2.45) is 5.10 Å². The molecule has 0 saturated carbocycles. The number of aromatic amines is 1. The molecule has 4 nitrogen and oxygen atoms in total. The first-order valence-corrected chi connectivity index (χ1v) is 5.58. The molecule has 0 saturated heterocycles. The predicted octanol–water partition coefficient (Wildman–Crippen LogP) is 2.80. The first-order valence-electron chi connectivity index (χ1n) is 5.17. The largest absolute Gasteiger partial charge is 0.250 e. The molecule has 2 aromatic rings. The lowest BCUT2D eigenvalue weighted by Gasteiger charge is -1.91. The maximum absolute atomic E-state index is 5.02. The van der Waals surface area contributed by atoms with Crippen LogP contribution >= 0.6 is 12.2 Å². The smallest absolute Gasteiger partial charge is 0.216 e. The molecule has 0 aliphatic rings. The summed E-state index contributed by atoms with van der Waals surface area (Å²) in [6.45, 7) is 1.84. The van der Waals surface area contributed by atoms with E-state index in [9.17, 15) is 0 Å². The zero-order valence-corrected chi connectivity index (χ0v) is 10.2. The average Bonchev–Trinajstić information content (AvgIpc) is 2.67. The summed E-state index contributed by atoms with van der Waals surface area (Å²) >= 11 is 5.02. The van der Waals surface area contributed by atoms with E-state index in [2.05, 4.69) is 15.3 Å². The summed E-state index contributed by atoms with van der Waals surface area (Å²) in [5.41, 5.74) is 1.13. The van der Waals surface area contributed by atoms with Crippen LogP contribution in [0.1, 0.15) is 11.4 Å². The van der Waals surface area contributed by atoms with Gasteiger partial charge < -0.3 is 0 Å². The van der Waals surface area contributed by atoms with Gasteiger partial charge >= 0.3 is 0 Å². The summed E-state index contributed by atoms with van der Waals surface area (Å²) in [4.78, 5) is 0. The van der Waals surface area contributed by atoms with Crippen LogP contribution in [0.25, 0.3) is 6.08 Å². The minimum Gasteiger partial charge on any atom is -0.250 e. The highest BCUT2D eigenvalue weighted by Gasteiger charge is 1.95. The molecule has 0 amide bonds. The van der Waals surface area contributed by atoms with Crippen molar-refractivity contribution in [2.45, 2.75) is 6.92 Å². The Morgan fingerprint density at radius 1 is 1.35 bits per heavy atom. The van der Waals surface area contributed by atoms with Crippen molar-refractivity contribution in [1.82, 2.24) is 14.9 Å². The highest BCUT2D eigenvalue weighted by atomic mass is 32.1. The third kappa shape index (κ3) is 2.98. The molecule has 2 rings (SSSR count). The zero-order valence-electron chi connectivity index (χ0n) is 9.37. The van der Waals surface area contributed by atoms with Gasteiger partial charge in [0.1, 0.15) is 5.82 Å². The molecule has 1 aromatic heterocycles. The number of allylic oxidation sites excluding steroid dienone is 1. The Labute approximate surface area is 104 Å². The summed E-state index contributed by atoms with van der Waals surface area (Å²) in [5.74, 6) is 0.736. The highest BCUT2D eigenvalue weighted by molar-refractivity contribution is 7.71. The Kier molecular flexibility index (Phi) is 3.62. The van der Waals surface area contributed by atoms with Gasteiger partial charge in [-0.1, -0.05) is 36.4 Å². The number of benzene rings is 1. The summed E-state index contributed by atoms with van der Waals surface area (Å²) in [5, 5.41) is 10.8. The number of H-pyrrole nitrogens is 1. The molecule has 0 fully saturated rings. The van der Waals surface area contributed by atoms with E-state index in [4.69, 9.17) is 12.2 Å². The molecule has 0 bridgehead atoms. The van der Waals surface area contributed by atoms with Crippen molar-refractivity contribution < 1.29 is 0 Å². The Morgan fingerprint density at radius 2 is 2.12 bits per heavy atom. The fourth-order valence-electron chi connectivity index (χ4n) is 1.33. The molecule has 86 valence electrons. The van der Waals surface area contributed by atoms with Gasteiger partial charge in [0.25, 0.3) is 0 Å². The van der Waals surface area contributed by atoms with E-state index >= 15 is 0 Å². The molecule has 1 N–H and O–H groups in total. The molecular formula is C12H12N4S. The molecule has 17 heavy (non-hydrogen) atoms. The molecule has 5 heteroatoms. The third-order valence-corrected chi connectivity index (χ3v) is 2.43. The van der Waals surface area contributed by atoms with Gasteiger partial charge in [0.15, 0.2) is 0 Å². The Bertz CT molecular complexity index is 592. The number of rotatable bonds is 3. The Hall–Kier alpha value is -2.01. The fourth-order valence-corrected chi connectivity index (χ4v) is 1.55. The predicted molar refractivity (Wildman–Crippen MR) is 71.5 cm³/mol. The Balaban J connectivity index is 2.09. The van der Waals surface area contributed by atoms with E-state index in [0.717, 1.165) is 11.4 Å². The molecule has 0 atom stereocenters. The molecule has 0 aliphatic carbocycles. The number of nitrogens with zero attached hydrogens (tertiary/aromatic N) is 3. The minimum atomic E-state index is 0.492. The number of aryl methyl sites for hydroxylation is 1. The Morgan fingerprint density at radius 3 is 2.76 bits per heavy atom. The van der Waals surface area contributed by atoms with Crippen molar-refractivity contribution in [2.75, 3.05) is 0 Å². The summed E-state index contributed by atoms with van der Waals surface area (Å²) in [7, 11) is 0. The maximum Gasteiger partial charge on any atom is 0.216 e. The second-order valence-electron chi connectivity index (χ2n) is 3.42. The molecule has 0 radical (unpaired) electrons. The van der Waals surface area contributed by atoms with Gasteiger partial charge in [0, 0.05) is 6.21 Å². The van der Waals surface area contributed by atoms with E-state index in [1.807, 2.05) is 49.4 Å². The standard InChI is InChI=1S/C12H12N4S/c1-10-14-15-12(17)16(10)13-9-5-8-11-6-3-2-4-7-11/h2-9H,1H3,(H,15,17)/b8-5-,13-9-. The zero-order chi connectivity index (χ0) is 12.1. The first-order chi connectivity index (χ1) is 8.27. The SMILES string of the molecule is Cc1n[nH]c(=S)n1/N=C\C=C/c1ccccc1. The van der Waals surface area contributed by atoms with Gasteiger partial charge in [0.05, 0.1) is 0 Å². The summed E-state index contributed by atoms with van der Waals surface area (Å²) in [6, 6.07) is 10.0. The number of hydrogen-bond acceptors (Lipinski definition) is 3. The van der Waals surface area contributed by atoms with Crippen LogP contribution in [0.3, 0.4) is 0 Å². The molecular weight excluding hydrogens is 232 g/mol. The summed E-state index contributed by atoms with van der Waals surface area (Å²) in [6.07, 6.45) is 5.53. The highest BCUT2D eigenvalue weighted by Crippen LogP contribution is 2.00. The fraction of sp³-hybridized carbons (Fsp3) is 0.0833. The van der Waals surface area contributed by atoms with Crippen molar-refractivity contribution in [3.8, 4) is 0 Å². The van der Waals surface area contributed by atoms with Crippen LogP contribution in [0.15, 0.2) is 41.5 Å². The van der Waals surface area contributed by atoms with Crippen LogP contribution in [0.2, 0.25) is 0 Å². The summed E-state index contributed by atoms with van der Waals surface area (Å²) < 4.78 is 2.07. The van der Waals surface area contributed by atoms with Gasteiger partial charge in [-0.3, -0.25) is 5.10 Å². The normalized spacial score (nSPS) is 11.6. The van der Waals surface area contributed by atoms with E-state index < -0.39 is 0 Å². The van der Waals surface area contributed by atoms with Crippen LogP contribution in [0, 0.1) is 11.7 Å². The van der Waals surface area contributed by atoms with Crippen LogP contribution < -0.4 is 0 Å². The number of aromatic nitrogens is 3. The monoisotopic (exact) mass is 244 g/mol. The second-order valence-corrected chi connectivity index (χ2v) is 3.81. The van der Waals surface area contributed by atoms with Crippen molar-refractivity contribution >= 4 is 24.5 Å². The molecule has 0 aliphatic heterocycles. The minimum absolute atomic E-state index is 0.492. The maximum atomic E-state index is 5.02. The number of nitrogens with one attached hydrogen (secondary N) is 1. The quantitative estimate of drug-likeness (QED) is 0.666. The van der Waals surface area contributed by atoms with Crippen LogP contribution in [0.5, 0.6) is 0 Å². The lowest BCUT2D eigenvalue weighted by atomic mass is 10.2. The molecule has 1 aromatic carbocycles. The lowest BCUT2D eigenvalue weighted by molar-refractivity contribution is 0.821. The number of hydrogen-bond donors (Lipinski definition) is 1. The van der Waals surface area contributed by atoms with Gasteiger partial charge in [-0.25, -0.2) is 0 Å². The van der Waals surface area contributed by atoms with E-state index in [-0.39, 0.29) is 0 Å².